The van der Waals surface area contributed by atoms with Crippen LogP contribution < -0.4 is 9.64 Å². The van der Waals surface area contributed by atoms with Crippen molar-refractivity contribution in [2.24, 2.45) is 5.10 Å². The lowest BCUT2D eigenvalue weighted by Crippen LogP contribution is -2.44. The zero-order valence-corrected chi connectivity index (χ0v) is 13.6. The van der Waals surface area contributed by atoms with Crippen molar-refractivity contribution in [2.75, 3.05) is 38.2 Å². The molecule has 0 unspecified atom stereocenters. The number of aromatic hydroxyl groups is 2. The molecule has 1 fully saturated rings. The van der Waals surface area contributed by atoms with Crippen LogP contribution in [-0.2, 0) is 0 Å². The fourth-order valence-electron chi connectivity index (χ4n) is 2.71. The fourth-order valence-corrected chi connectivity index (χ4v) is 2.71. The molecule has 6 heteroatoms. The van der Waals surface area contributed by atoms with Gasteiger partial charge < -0.3 is 19.8 Å². The summed E-state index contributed by atoms with van der Waals surface area (Å²) in [6.45, 7) is 3.33. The maximum Gasteiger partial charge on any atom is 0.158 e. The molecule has 0 amide bonds. The normalized spacial score (nSPS) is 15.0. The molecule has 0 aliphatic carbocycles. The Balaban J connectivity index is 1.60. The van der Waals surface area contributed by atoms with Gasteiger partial charge in [-0.05, 0) is 35.9 Å². The predicted molar refractivity (Wildman–Crippen MR) is 94.1 cm³/mol. The van der Waals surface area contributed by atoms with Gasteiger partial charge in [-0.3, -0.25) is 5.01 Å². The standard InChI is InChI=1S/C18H21N3O3/c1-24-18-5-3-2-4-15(18)20-8-10-21(11-9-20)19-13-14-6-7-16(22)17(23)12-14/h2-7,12-13,22-23H,8-11H2,1H3. The highest BCUT2D eigenvalue weighted by molar-refractivity contribution is 5.80. The number of nitrogens with zero attached hydrogens (tertiary/aromatic N) is 3. The molecule has 0 saturated carbocycles. The maximum atomic E-state index is 9.50. The van der Waals surface area contributed by atoms with Crippen LogP contribution in [0.5, 0.6) is 17.2 Å². The molecule has 0 spiro atoms. The number of para-hydroxylation sites is 2. The first kappa shape index (κ1) is 16.0. The minimum absolute atomic E-state index is 0.127. The van der Waals surface area contributed by atoms with Crippen LogP contribution in [-0.4, -0.2) is 54.7 Å². The Labute approximate surface area is 141 Å². The third-order valence-corrected chi connectivity index (χ3v) is 4.05. The highest BCUT2D eigenvalue weighted by Gasteiger charge is 2.18. The molecule has 2 aromatic rings. The summed E-state index contributed by atoms with van der Waals surface area (Å²) in [7, 11) is 1.69. The molecule has 0 atom stereocenters. The largest absolute Gasteiger partial charge is 0.504 e. The number of benzene rings is 2. The van der Waals surface area contributed by atoms with Crippen LogP contribution in [0.3, 0.4) is 0 Å². The van der Waals surface area contributed by atoms with Gasteiger partial charge >= 0.3 is 0 Å². The summed E-state index contributed by atoms with van der Waals surface area (Å²) in [4.78, 5) is 2.29. The van der Waals surface area contributed by atoms with E-state index in [4.69, 9.17) is 4.74 Å². The van der Waals surface area contributed by atoms with Crippen LogP contribution in [0, 0.1) is 0 Å². The zero-order valence-electron chi connectivity index (χ0n) is 13.6. The summed E-state index contributed by atoms with van der Waals surface area (Å²) in [6.07, 6.45) is 1.69. The number of hydrazone groups is 1. The van der Waals surface area contributed by atoms with E-state index in [0.29, 0.717) is 0 Å². The molecule has 0 radical (unpaired) electrons. The average molecular weight is 327 g/mol. The molecular weight excluding hydrogens is 306 g/mol. The van der Waals surface area contributed by atoms with Crippen molar-refractivity contribution >= 4 is 11.9 Å². The van der Waals surface area contributed by atoms with E-state index < -0.39 is 0 Å². The minimum atomic E-state index is -0.139. The van der Waals surface area contributed by atoms with Gasteiger partial charge in [0.2, 0.25) is 0 Å². The Hall–Kier alpha value is -2.89. The number of hydrogen-bond acceptors (Lipinski definition) is 6. The first-order valence-electron chi connectivity index (χ1n) is 7.86. The van der Waals surface area contributed by atoms with Gasteiger partial charge in [-0.25, -0.2) is 0 Å². The van der Waals surface area contributed by atoms with E-state index in [1.54, 1.807) is 19.4 Å². The molecule has 1 saturated heterocycles. The molecule has 126 valence electrons. The summed E-state index contributed by atoms with van der Waals surface area (Å²) < 4.78 is 5.42. The minimum Gasteiger partial charge on any atom is -0.504 e. The van der Waals surface area contributed by atoms with Crippen LogP contribution in [0.2, 0.25) is 0 Å². The number of phenolic OH excluding ortho intramolecular Hbond substituents is 2. The Kier molecular flexibility index (Phi) is 4.74. The number of hydrogen-bond donors (Lipinski definition) is 2. The maximum absolute atomic E-state index is 9.50. The van der Waals surface area contributed by atoms with Crippen molar-refractivity contribution in [1.82, 2.24) is 5.01 Å². The second-order valence-electron chi connectivity index (χ2n) is 5.61. The Bertz CT molecular complexity index is 725. The molecule has 1 aliphatic heterocycles. The lowest BCUT2D eigenvalue weighted by molar-refractivity contribution is 0.271. The van der Waals surface area contributed by atoms with Gasteiger partial charge in [-0.15, -0.1) is 0 Å². The second-order valence-corrected chi connectivity index (χ2v) is 5.61. The Morgan fingerprint density at radius 2 is 1.75 bits per heavy atom. The molecule has 24 heavy (non-hydrogen) atoms. The third kappa shape index (κ3) is 3.53. The number of ether oxygens (including phenoxy) is 1. The SMILES string of the molecule is COc1ccccc1N1CCN(N=Cc2ccc(O)c(O)c2)CC1. The number of phenols is 2. The molecule has 2 aromatic carbocycles. The molecule has 3 rings (SSSR count). The van der Waals surface area contributed by atoms with Crippen LogP contribution in [0.25, 0.3) is 0 Å². The van der Waals surface area contributed by atoms with Gasteiger partial charge in [0.25, 0.3) is 0 Å². The number of methoxy groups -OCH3 is 1. The summed E-state index contributed by atoms with van der Waals surface area (Å²) >= 11 is 0. The van der Waals surface area contributed by atoms with E-state index in [-0.39, 0.29) is 11.5 Å². The lowest BCUT2D eigenvalue weighted by atomic mass is 10.2. The number of rotatable bonds is 4. The quantitative estimate of drug-likeness (QED) is 0.666. The predicted octanol–water partition coefficient (Wildman–Crippen LogP) is 2.26. The highest BCUT2D eigenvalue weighted by Crippen LogP contribution is 2.28. The van der Waals surface area contributed by atoms with Crippen molar-refractivity contribution in [1.29, 1.82) is 0 Å². The first-order valence-corrected chi connectivity index (χ1v) is 7.86. The molecule has 1 aliphatic rings. The molecule has 1 heterocycles. The van der Waals surface area contributed by atoms with E-state index in [2.05, 4.69) is 16.1 Å². The van der Waals surface area contributed by atoms with E-state index >= 15 is 0 Å². The summed E-state index contributed by atoms with van der Waals surface area (Å²) in [5, 5.41) is 25.3. The second kappa shape index (κ2) is 7.12. The number of anilines is 1. The van der Waals surface area contributed by atoms with Gasteiger partial charge in [0, 0.05) is 13.1 Å². The van der Waals surface area contributed by atoms with Crippen molar-refractivity contribution in [3.05, 3.63) is 48.0 Å². The Morgan fingerprint density at radius 3 is 2.46 bits per heavy atom. The van der Waals surface area contributed by atoms with Gasteiger partial charge in [0.05, 0.1) is 32.1 Å². The average Bonchev–Trinajstić information content (AvgIpc) is 2.63. The molecular formula is C18H21N3O3. The van der Waals surface area contributed by atoms with E-state index in [1.807, 2.05) is 23.2 Å². The molecule has 0 aromatic heterocycles. The monoisotopic (exact) mass is 327 g/mol. The molecule has 0 bridgehead atoms. The smallest absolute Gasteiger partial charge is 0.158 e. The van der Waals surface area contributed by atoms with Gasteiger partial charge in [0.15, 0.2) is 11.5 Å². The van der Waals surface area contributed by atoms with Crippen molar-refractivity contribution in [2.45, 2.75) is 0 Å². The van der Waals surface area contributed by atoms with Crippen LogP contribution in [0.1, 0.15) is 5.56 Å². The van der Waals surface area contributed by atoms with Crippen LogP contribution in [0.15, 0.2) is 47.6 Å². The molecule has 6 nitrogen and oxygen atoms in total. The van der Waals surface area contributed by atoms with E-state index in [0.717, 1.165) is 43.2 Å². The van der Waals surface area contributed by atoms with E-state index in [9.17, 15) is 10.2 Å². The lowest BCUT2D eigenvalue weighted by Gasteiger charge is -2.35. The highest BCUT2D eigenvalue weighted by atomic mass is 16.5. The number of piperazine rings is 1. The summed E-state index contributed by atoms with van der Waals surface area (Å²) in [5.74, 6) is 0.617. The third-order valence-electron chi connectivity index (χ3n) is 4.05. The zero-order chi connectivity index (χ0) is 16.9. The van der Waals surface area contributed by atoms with E-state index in [1.165, 1.54) is 12.1 Å². The Morgan fingerprint density at radius 1 is 1.00 bits per heavy atom. The van der Waals surface area contributed by atoms with Crippen molar-refractivity contribution < 1.29 is 14.9 Å². The van der Waals surface area contributed by atoms with Gasteiger partial charge in [-0.1, -0.05) is 12.1 Å². The fraction of sp³-hybridized carbons (Fsp3) is 0.278. The first-order chi connectivity index (χ1) is 11.7. The van der Waals surface area contributed by atoms with Gasteiger partial charge in [-0.2, -0.15) is 5.10 Å². The van der Waals surface area contributed by atoms with Gasteiger partial charge in [0.1, 0.15) is 5.75 Å². The van der Waals surface area contributed by atoms with Crippen molar-refractivity contribution in [3.63, 3.8) is 0 Å². The summed E-state index contributed by atoms with van der Waals surface area (Å²) in [5.41, 5.74) is 1.85. The molecule has 2 N–H and O–H groups in total. The van der Waals surface area contributed by atoms with Crippen LogP contribution in [0.4, 0.5) is 5.69 Å². The van der Waals surface area contributed by atoms with Crippen molar-refractivity contribution in [3.8, 4) is 17.2 Å². The summed E-state index contributed by atoms with van der Waals surface area (Å²) in [6, 6.07) is 12.7. The topological polar surface area (TPSA) is 68.5 Å². The van der Waals surface area contributed by atoms with Crippen LogP contribution >= 0.6 is 0 Å².